The third-order valence-electron chi connectivity index (χ3n) is 2.53. The summed E-state index contributed by atoms with van der Waals surface area (Å²) in [6.07, 6.45) is 0. The molecular formula is C12H17NO3. The molecule has 4 heteroatoms. The number of amides is 1. The monoisotopic (exact) mass is 223 g/mol. The molecule has 1 aromatic carbocycles. The van der Waals surface area contributed by atoms with Gasteiger partial charge in [-0.2, -0.15) is 0 Å². The molecule has 1 amide bonds. The van der Waals surface area contributed by atoms with Crippen molar-refractivity contribution in [3.8, 4) is 11.5 Å². The first-order valence-electron chi connectivity index (χ1n) is 5.01. The Hall–Kier alpha value is -1.71. The number of carbonyl (C=O) groups is 1. The number of methoxy groups -OCH3 is 2. The minimum atomic E-state index is -0.136. The minimum Gasteiger partial charge on any atom is -0.496 e. The van der Waals surface area contributed by atoms with Crippen LogP contribution in [0.4, 0.5) is 5.69 Å². The zero-order valence-electron chi connectivity index (χ0n) is 10.3. The summed E-state index contributed by atoms with van der Waals surface area (Å²) in [5.74, 6) is 1.28. The molecule has 0 aliphatic carbocycles. The molecule has 0 aromatic heterocycles. The summed E-state index contributed by atoms with van der Waals surface area (Å²) in [6, 6.07) is 1.77. The number of anilines is 1. The van der Waals surface area contributed by atoms with E-state index in [2.05, 4.69) is 5.32 Å². The Kier molecular flexibility index (Phi) is 3.77. The van der Waals surface area contributed by atoms with Crippen molar-refractivity contribution in [2.75, 3.05) is 19.5 Å². The van der Waals surface area contributed by atoms with Crippen molar-refractivity contribution in [3.63, 3.8) is 0 Å². The first-order valence-corrected chi connectivity index (χ1v) is 5.01. The lowest BCUT2D eigenvalue weighted by atomic mass is 10.1. The summed E-state index contributed by atoms with van der Waals surface area (Å²) in [7, 11) is 3.19. The fourth-order valence-electron chi connectivity index (χ4n) is 1.62. The number of hydrogen-bond acceptors (Lipinski definition) is 3. The molecule has 0 atom stereocenters. The van der Waals surface area contributed by atoms with Gasteiger partial charge in [-0.25, -0.2) is 0 Å². The molecule has 0 aliphatic heterocycles. The van der Waals surface area contributed by atoms with Gasteiger partial charge < -0.3 is 14.8 Å². The average molecular weight is 223 g/mol. The number of carbonyl (C=O) groups excluding carboxylic acids is 1. The van der Waals surface area contributed by atoms with Crippen molar-refractivity contribution < 1.29 is 14.3 Å². The van der Waals surface area contributed by atoms with Crippen LogP contribution in [0.1, 0.15) is 18.1 Å². The van der Waals surface area contributed by atoms with Gasteiger partial charge in [0.2, 0.25) is 5.91 Å². The molecule has 0 bridgehead atoms. The van der Waals surface area contributed by atoms with Crippen molar-refractivity contribution in [1.29, 1.82) is 0 Å². The summed E-state index contributed by atoms with van der Waals surface area (Å²) in [5, 5.41) is 2.72. The highest BCUT2D eigenvalue weighted by Crippen LogP contribution is 2.36. The molecule has 4 nitrogen and oxygen atoms in total. The van der Waals surface area contributed by atoms with Crippen LogP contribution in [0.2, 0.25) is 0 Å². The Morgan fingerprint density at radius 2 is 1.81 bits per heavy atom. The Morgan fingerprint density at radius 1 is 1.19 bits per heavy atom. The molecule has 0 unspecified atom stereocenters. The Morgan fingerprint density at radius 3 is 2.25 bits per heavy atom. The first kappa shape index (κ1) is 12.4. The van der Waals surface area contributed by atoms with Crippen molar-refractivity contribution in [1.82, 2.24) is 0 Å². The molecule has 1 rings (SSSR count). The quantitative estimate of drug-likeness (QED) is 0.855. The first-order chi connectivity index (χ1) is 7.51. The lowest BCUT2D eigenvalue weighted by molar-refractivity contribution is -0.114. The molecule has 0 heterocycles. The van der Waals surface area contributed by atoms with E-state index in [1.165, 1.54) is 6.92 Å². The number of nitrogens with one attached hydrogen (secondary N) is 1. The van der Waals surface area contributed by atoms with Crippen molar-refractivity contribution in [2.45, 2.75) is 20.8 Å². The van der Waals surface area contributed by atoms with Gasteiger partial charge in [-0.05, 0) is 25.0 Å². The van der Waals surface area contributed by atoms with Gasteiger partial charge in [0, 0.05) is 13.0 Å². The highest BCUT2D eigenvalue weighted by molar-refractivity contribution is 5.91. The molecule has 16 heavy (non-hydrogen) atoms. The van der Waals surface area contributed by atoms with Gasteiger partial charge in [-0.15, -0.1) is 0 Å². The maximum Gasteiger partial charge on any atom is 0.221 e. The van der Waals surface area contributed by atoms with Crippen molar-refractivity contribution >= 4 is 11.6 Å². The molecular weight excluding hydrogens is 206 g/mol. The van der Waals surface area contributed by atoms with Crippen molar-refractivity contribution in [3.05, 3.63) is 17.2 Å². The standard InChI is InChI=1S/C12H17NO3/c1-7-8(2)12(16-5)10(13-9(3)14)6-11(7)15-4/h6H,1-5H3,(H,13,14). The summed E-state index contributed by atoms with van der Waals surface area (Å²) in [6.45, 7) is 5.34. The highest BCUT2D eigenvalue weighted by Gasteiger charge is 2.14. The van der Waals surface area contributed by atoms with Crippen LogP contribution in [0.3, 0.4) is 0 Å². The normalized spacial score (nSPS) is 9.81. The predicted molar refractivity (Wildman–Crippen MR) is 63.3 cm³/mol. The molecule has 1 N–H and O–H groups in total. The molecule has 0 aliphatic rings. The van der Waals surface area contributed by atoms with E-state index in [4.69, 9.17) is 9.47 Å². The Balaban J connectivity index is 3.34. The lowest BCUT2D eigenvalue weighted by Crippen LogP contribution is -2.09. The average Bonchev–Trinajstić information content (AvgIpc) is 2.23. The SMILES string of the molecule is COc1cc(NC(C)=O)c(OC)c(C)c1C. The van der Waals surface area contributed by atoms with Crippen LogP contribution >= 0.6 is 0 Å². The maximum atomic E-state index is 11.1. The van der Waals surface area contributed by atoms with E-state index in [1.54, 1.807) is 20.3 Å². The van der Waals surface area contributed by atoms with E-state index in [0.717, 1.165) is 16.9 Å². The summed E-state index contributed by atoms with van der Waals surface area (Å²) in [4.78, 5) is 11.1. The van der Waals surface area contributed by atoms with E-state index < -0.39 is 0 Å². The zero-order chi connectivity index (χ0) is 12.3. The second-order valence-corrected chi connectivity index (χ2v) is 3.59. The Labute approximate surface area is 95.6 Å². The van der Waals surface area contributed by atoms with Crippen LogP contribution in [0.15, 0.2) is 6.07 Å². The van der Waals surface area contributed by atoms with Gasteiger partial charge in [0.15, 0.2) is 0 Å². The number of benzene rings is 1. The van der Waals surface area contributed by atoms with Gasteiger partial charge in [0.25, 0.3) is 0 Å². The number of rotatable bonds is 3. The number of ether oxygens (including phenoxy) is 2. The largest absolute Gasteiger partial charge is 0.496 e. The van der Waals surface area contributed by atoms with Gasteiger partial charge in [0.1, 0.15) is 11.5 Å². The molecule has 1 aromatic rings. The molecule has 0 saturated carbocycles. The van der Waals surface area contributed by atoms with E-state index in [-0.39, 0.29) is 5.91 Å². The fraction of sp³-hybridized carbons (Fsp3) is 0.417. The van der Waals surface area contributed by atoms with Crippen LogP contribution in [0, 0.1) is 13.8 Å². The molecule has 0 spiro atoms. The van der Waals surface area contributed by atoms with E-state index in [0.29, 0.717) is 11.4 Å². The van der Waals surface area contributed by atoms with Crippen LogP contribution in [-0.4, -0.2) is 20.1 Å². The molecule has 0 saturated heterocycles. The van der Waals surface area contributed by atoms with Gasteiger partial charge in [-0.1, -0.05) is 0 Å². The van der Waals surface area contributed by atoms with Crippen LogP contribution in [-0.2, 0) is 4.79 Å². The smallest absolute Gasteiger partial charge is 0.221 e. The topological polar surface area (TPSA) is 47.6 Å². The third-order valence-corrected chi connectivity index (χ3v) is 2.53. The van der Waals surface area contributed by atoms with E-state index >= 15 is 0 Å². The van der Waals surface area contributed by atoms with Crippen molar-refractivity contribution in [2.24, 2.45) is 0 Å². The predicted octanol–water partition coefficient (Wildman–Crippen LogP) is 2.28. The summed E-state index contributed by atoms with van der Waals surface area (Å²) < 4.78 is 10.5. The molecule has 88 valence electrons. The third kappa shape index (κ3) is 2.27. The summed E-state index contributed by atoms with van der Waals surface area (Å²) >= 11 is 0. The van der Waals surface area contributed by atoms with Crippen LogP contribution in [0.25, 0.3) is 0 Å². The van der Waals surface area contributed by atoms with Gasteiger partial charge in [-0.3, -0.25) is 4.79 Å². The highest BCUT2D eigenvalue weighted by atomic mass is 16.5. The second-order valence-electron chi connectivity index (χ2n) is 3.59. The van der Waals surface area contributed by atoms with Gasteiger partial charge in [0.05, 0.1) is 19.9 Å². The summed E-state index contributed by atoms with van der Waals surface area (Å²) in [5.41, 5.74) is 2.61. The lowest BCUT2D eigenvalue weighted by Gasteiger charge is -2.16. The second kappa shape index (κ2) is 4.88. The Bertz CT molecular complexity index is 413. The minimum absolute atomic E-state index is 0.136. The zero-order valence-corrected chi connectivity index (χ0v) is 10.3. The van der Waals surface area contributed by atoms with Gasteiger partial charge >= 0.3 is 0 Å². The van der Waals surface area contributed by atoms with E-state index in [1.807, 2.05) is 13.8 Å². The van der Waals surface area contributed by atoms with Crippen LogP contribution < -0.4 is 14.8 Å². The fourth-order valence-corrected chi connectivity index (χ4v) is 1.62. The number of hydrogen-bond donors (Lipinski definition) is 1. The van der Waals surface area contributed by atoms with E-state index in [9.17, 15) is 4.79 Å². The molecule has 0 fully saturated rings. The molecule has 0 radical (unpaired) electrons. The maximum absolute atomic E-state index is 11.1. The van der Waals surface area contributed by atoms with Crippen LogP contribution in [0.5, 0.6) is 11.5 Å².